The summed E-state index contributed by atoms with van der Waals surface area (Å²) in [6, 6.07) is 7.16. The number of aromatic nitrogens is 3. The number of carbonyl (C=O) groups is 1. The van der Waals surface area contributed by atoms with Crippen LogP contribution in [0.25, 0.3) is 10.8 Å². The zero-order valence-electron chi connectivity index (χ0n) is 16.6. The maximum Gasteiger partial charge on any atom is 0.272 e. The Morgan fingerprint density at radius 1 is 1.24 bits per heavy atom. The fourth-order valence-corrected chi connectivity index (χ4v) is 4.93. The molecule has 8 heteroatoms. The summed E-state index contributed by atoms with van der Waals surface area (Å²) in [6.45, 7) is 7.59. The van der Waals surface area contributed by atoms with Gasteiger partial charge in [-0.25, -0.2) is 10.1 Å². The van der Waals surface area contributed by atoms with Crippen molar-refractivity contribution in [1.29, 1.82) is 0 Å². The standard InChI is InChI=1S/C21H25N5O2S/c1-13-7-14(2)10-26(9-13)11-15-12-29-21(22-15)23-19(27)8-18-16-5-3-4-6-17(16)20(28)25-24-18/h3-6,12-14H,7-11H2,1-2H3,(H,25,28)(H,22,23,27)/t13-,14-/m1/s1. The highest BCUT2D eigenvalue weighted by Crippen LogP contribution is 2.24. The highest BCUT2D eigenvalue weighted by Gasteiger charge is 2.22. The molecular weight excluding hydrogens is 386 g/mol. The first-order valence-corrected chi connectivity index (χ1v) is 10.8. The van der Waals surface area contributed by atoms with Crippen molar-refractivity contribution in [3.8, 4) is 0 Å². The number of rotatable bonds is 5. The van der Waals surface area contributed by atoms with E-state index in [1.54, 1.807) is 12.1 Å². The summed E-state index contributed by atoms with van der Waals surface area (Å²) in [4.78, 5) is 31.4. The van der Waals surface area contributed by atoms with E-state index < -0.39 is 0 Å². The number of H-pyrrole nitrogens is 1. The lowest BCUT2D eigenvalue weighted by Crippen LogP contribution is -2.38. The van der Waals surface area contributed by atoms with Crippen LogP contribution < -0.4 is 10.9 Å². The number of likely N-dealkylation sites (tertiary alicyclic amines) is 1. The van der Waals surface area contributed by atoms with Crippen molar-refractivity contribution in [1.82, 2.24) is 20.1 Å². The van der Waals surface area contributed by atoms with Crippen LogP contribution in [-0.4, -0.2) is 39.1 Å². The van der Waals surface area contributed by atoms with Crippen LogP contribution in [0.2, 0.25) is 0 Å². The monoisotopic (exact) mass is 411 g/mol. The average Bonchev–Trinajstić information content (AvgIpc) is 3.10. The number of aromatic amines is 1. The van der Waals surface area contributed by atoms with Crippen LogP contribution >= 0.6 is 11.3 Å². The Bertz CT molecular complexity index is 1070. The molecule has 2 atom stereocenters. The first kappa shape index (κ1) is 19.7. The molecule has 0 aliphatic carbocycles. The molecule has 3 aromatic rings. The molecule has 29 heavy (non-hydrogen) atoms. The molecular formula is C21H25N5O2S. The maximum atomic E-state index is 12.5. The number of thiazole rings is 1. The minimum Gasteiger partial charge on any atom is -0.302 e. The summed E-state index contributed by atoms with van der Waals surface area (Å²) in [5, 5.41) is 13.2. The molecule has 1 fully saturated rings. The Morgan fingerprint density at radius 2 is 1.97 bits per heavy atom. The number of anilines is 1. The molecule has 7 nitrogen and oxygen atoms in total. The third-order valence-electron chi connectivity index (χ3n) is 5.23. The Kier molecular flexibility index (Phi) is 5.73. The SMILES string of the molecule is C[C@@H]1C[C@@H](C)CN(Cc2csc(NC(=O)Cc3n[nH]c(=O)c4ccccc34)n2)C1. The molecule has 0 bridgehead atoms. The lowest BCUT2D eigenvalue weighted by Gasteiger charge is -2.34. The second kappa shape index (κ2) is 8.42. The van der Waals surface area contributed by atoms with Gasteiger partial charge in [-0.1, -0.05) is 32.0 Å². The number of amides is 1. The van der Waals surface area contributed by atoms with Crippen molar-refractivity contribution in [3.05, 3.63) is 51.4 Å². The zero-order chi connectivity index (χ0) is 20.4. The number of nitrogens with zero attached hydrogens (tertiary/aromatic N) is 3. The van der Waals surface area contributed by atoms with E-state index in [4.69, 9.17) is 0 Å². The van der Waals surface area contributed by atoms with Gasteiger partial charge < -0.3 is 5.32 Å². The molecule has 1 aliphatic rings. The third-order valence-corrected chi connectivity index (χ3v) is 6.04. The fourth-order valence-electron chi connectivity index (χ4n) is 4.21. The van der Waals surface area contributed by atoms with Crippen LogP contribution in [0.1, 0.15) is 31.7 Å². The molecule has 0 unspecified atom stereocenters. The summed E-state index contributed by atoms with van der Waals surface area (Å²) < 4.78 is 0. The van der Waals surface area contributed by atoms with Crippen molar-refractivity contribution >= 4 is 33.1 Å². The van der Waals surface area contributed by atoms with Gasteiger partial charge in [0.1, 0.15) is 0 Å². The smallest absolute Gasteiger partial charge is 0.272 e. The van der Waals surface area contributed by atoms with Crippen molar-refractivity contribution in [2.45, 2.75) is 33.2 Å². The predicted octanol–water partition coefficient (Wildman–Crippen LogP) is 3.04. The molecule has 2 aromatic heterocycles. The van der Waals surface area contributed by atoms with E-state index in [0.29, 0.717) is 33.4 Å². The first-order chi connectivity index (χ1) is 14.0. The summed E-state index contributed by atoms with van der Waals surface area (Å²) in [5.41, 5.74) is 1.28. The zero-order valence-corrected chi connectivity index (χ0v) is 17.5. The molecule has 1 saturated heterocycles. The molecule has 1 amide bonds. The summed E-state index contributed by atoms with van der Waals surface area (Å²) in [7, 11) is 0. The fraction of sp³-hybridized carbons (Fsp3) is 0.429. The molecule has 1 aromatic carbocycles. The Hall–Kier alpha value is -2.58. The minimum atomic E-state index is -0.254. The molecule has 3 heterocycles. The summed E-state index contributed by atoms with van der Waals surface area (Å²) >= 11 is 1.44. The predicted molar refractivity (Wildman–Crippen MR) is 115 cm³/mol. The van der Waals surface area contributed by atoms with E-state index in [0.717, 1.165) is 25.3 Å². The van der Waals surface area contributed by atoms with Gasteiger partial charge in [-0.3, -0.25) is 14.5 Å². The highest BCUT2D eigenvalue weighted by molar-refractivity contribution is 7.13. The molecule has 0 saturated carbocycles. The van der Waals surface area contributed by atoms with Gasteiger partial charge in [0, 0.05) is 30.4 Å². The number of nitrogens with one attached hydrogen (secondary N) is 2. The molecule has 1 aliphatic heterocycles. The van der Waals surface area contributed by atoms with Gasteiger partial charge in [0.15, 0.2) is 5.13 Å². The normalized spacial score (nSPS) is 20.1. The van der Waals surface area contributed by atoms with E-state index in [1.807, 2.05) is 17.5 Å². The topological polar surface area (TPSA) is 91.0 Å². The van der Waals surface area contributed by atoms with Crippen LogP contribution in [0, 0.1) is 11.8 Å². The third kappa shape index (κ3) is 4.71. The largest absolute Gasteiger partial charge is 0.302 e. The number of fused-ring (bicyclic) bond motifs is 1. The minimum absolute atomic E-state index is 0.0767. The Balaban J connectivity index is 1.40. The van der Waals surface area contributed by atoms with Crippen molar-refractivity contribution < 1.29 is 4.79 Å². The lowest BCUT2D eigenvalue weighted by molar-refractivity contribution is -0.115. The molecule has 4 rings (SSSR count). The number of hydrogen-bond acceptors (Lipinski definition) is 6. The van der Waals surface area contributed by atoms with Gasteiger partial charge in [0.05, 0.1) is 23.2 Å². The Morgan fingerprint density at radius 3 is 2.72 bits per heavy atom. The second-order valence-electron chi connectivity index (χ2n) is 8.05. The van der Waals surface area contributed by atoms with Crippen molar-refractivity contribution in [2.75, 3.05) is 18.4 Å². The molecule has 0 radical (unpaired) electrons. The van der Waals surface area contributed by atoms with E-state index in [9.17, 15) is 9.59 Å². The summed E-state index contributed by atoms with van der Waals surface area (Å²) in [5.74, 6) is 1.21. The van der Waals surface area contributed by atoms with Crippen LogP contribution in [-0.2, 0) is 17.8 Å². The van der Waals surface area contributed by atoms with Crippen molar-refractivity contribution in [3.63, 3.8) is 0 Å². The van der Waals surface area contributed by atoms with Crippen LogP contribution in [0.3, 0.4) is 0 Å². The van der Waals surface area contributed by atoms with E-state index in [-0.39, 0.29) is 17.9 Å². The van der Waals surface area contributed by atoms with E-state index in [2.05, 4.69) is 39.2 Å². The van der Waals surface area contributed by atoms with Gasteiger partial charge in [0.2, 0.25) is 5.91 Å². The van der Waals surface area contributed by atoms with Crippen molar-refractivity contribution in [2.24, 2.45) is 11.8 Å². The van der Waals surface area contributed by atoms with Gasteiger partial charge in [0.25, 0.3) is 5.56 Å². The number of piperidine rings is 1. The average molecular weight is 412 g/mol. The van der Waals surface area contributed by atoms with Crippen LogP contribution in [0.15, 0.2) is 34.4 Å². The second-order valence-corrected chi connectivity index (χ2v) is 8.91. The van der Waals surface area contributed by atoms with E-state index >= 15 is 0 Å². The highest BCUT2D eigenvalue weighted by atomic mass is 32.1. The van der Waals surface area contributed by atoms with Crippen LogP contribution in [0.4, 0.5) is 5.13 Å². The number of hydrogen-bond donors (Lipinski definition) is 2. The lowest BCUT2D eigenvalue weighted by atomic mass is 9.92. The van der Waals surface area contributed by atoms with Crippen LogP contribution in [0.5, 0.6) is 0 Å². The molecule has 0 spiro atoms. The Labute approximate surface area is 173 Å². The number of benzene rings is 1. The van der Waals surface area contributed by atoms with Gasteiger partial charge in [-0.15, -0.1) is 11.3 Å². The van der Waals surface area contributed by atoms with Gasteiger partial charge in [-0.2, -0.15) is 5.10 Å². The molecule has 152 valence electrons. The number of carbonyl (C=O) groups excluding carboxylic acids is 1. The maximum absolute atomic E-state index is 12.5. The quantitative estimate of drug-likeness (QED) is 0.673. The van der Waals surface area contributed by atoms with Gasteiger partial charge >= 0.3 is 0 Å². The molecule has 2 N–H and O–H groups in total. The van der Waals surface area contributed by atoms with E-state index in [1.165, 1.54) is 17.8 Å². The summed E-state index contributed by atoms with van der Waals surface area (Å²) in [6.07, 6.45) is 1.36. The van der Waals surface area contributed by atoms with Gasteiger partial charge in [-0.05, 0) is 24.3 Å². The first-order valence-electron chi connectivity index (χ1n) is 9.91.